The lowest BCUT2D eigenvalue weighted by Gasteiger charge is -2.12. The highest BCUT2D eigenvalue weighted by molar-refractivity contribution is 5.97. The third kappa shape index (κ3) is 7.39. The van der Waals surface area contributed by atoms with Gasteiger partial charge in [0.1, 0.15) is 0 Å². The van der Waals surface area contributed by atoms with Gasteiger partial charge in [0.05, 0.1) is 11.5 Å². The normalized spacial score (nSPS) is 11.3. The minimum absolute atomic E-state index is 0.0183. The molecule has 5 nitrogen and oxygen atoms in total. The highest BCUT2D eigenvalue weighted by Crippen LogP contribution is 2.12. The van der Waals surface area contributed by atoms with E-state index in [2.05, 4.69) is 11.8 Å². The number of hydrogen-bond donors (Lipinski definition) is 0. The summed E-state index contributed by atoms with van der Waals surface area (Å²) in [6.45, 7) is 6.99. The Bertz CT molecular complexity index is 644. The number of allylic oxidation sites excluding steroid dienone is 1. The van der Waals surface area contributed by atoms with Gasteiger partial charge in [0, 0.05) is 29.7 Å². The summed E-state index contributed by atoms with van der Waals surface area (Å²) < 4.78 is 0. The Morgan fingerprint density at radius 2 is 1.91 bits per heavy atom. The number of benzene rings is 1. The number of rotatable bonds is 6. The molecule has 0 unspecified atom stereocenters. The minimum Gasteiger partial charge on any atom is -0.295 e. The van der Waals surface area contributed by atoms with Crippen molar-refractivity contribution >= 4 is 11.5 Å². The molecule has 0 heterocycles. The molecule has 23 heavy (non-hydrogen) atoms. The van der Waals surface area contributed by atoms with E-state index in [-0.39, 0.29) is 23.4 Å². The zero-order chi connectivity index (χ0) is 17.5. The molecule has 0 radical (unpaired) electrons. The van der Waals surface area contributed by atoms with Crippen LogP contribution in [0, 0.1) is 27.4 Å². The van der Waals surface area contributed by atoms with Crippen molar-refractivity contribution in [3.63, 3.8) is 0 Å². The maximum absolute atomic E-state index is 12.1. The van der Waals surface area contributed by atoms with Crippen LogP contribution in [-0.4, -0.2) is 35.7 Å². The van der Waals surface area contributed by atoms with E-state index >= 15 is 0 Å². The van der Waals surface area contributed by atoms with Crippen LogP contribution in [-0.2, 0) is 0 Å². The van der Waals surface area contributed by atoms with Gasteiger partial charge in [-0.1, -0.05) is 17.9 Å². The third-order valence-electron chi connectivity index (χ3n) is 2.88. The van der Waals surface area contributed by atoms with E-state index in [9.17, 15) is 14.9 Å². The number of non-ortho nitro benzene ring substituents is 1. The van der Waals surface area contributed by atoms with Gasteiger partial charge in [-0.05, 0) is 46.0 Å². The lowest BCUT2D eigenvalue weighted by Crippen LogP contribution is -2.26. The number of nitrogens with zero attached hydrogens (tertiary/aromatic N) is 2. The van der Waals surface area contributed by atoms with Crippen LogP contribution in [0.4, 0.5) is 5.69 Å². The second kappa shape index (κ2) is 8.25. The van der Waals surface area contributed by atoms with E-state index in [4.69, 9.17) is 0 Å². The Labute approximate surface area is 137 Å². The zero-order valence-electron chi connectivity index (χ0n) is 14.0. The van der Waals surface area contributed by atoms with Crippen LogP contribution in [0.3, 0.4) is 0 Å². The number of ketones is 1. The average Bonchev–Trinajstić information content (AvgIpc) is 2.45. The molecule has 1 rings (SSSR count). The molecule has 1 aromatic carbocycles. The summed E-state index contributed by atoms with van der Waals surface area (Å²) in [6, 6.07) is 5.66. The summed E-state index contributed by atoms with van der Waals surface area (Å²) in [5.41, 5.74) is 0.427. The molecule has 0 amide bonds. The summed E-state index contributed by atoms with van der Waals surface area (Å²) in [6.07, 6.45) is 3.69. The van der Waals surface area contributed by atoms with Crippen molar-refractivity contribution in [3.8, 4) is 11.8 Å². The first-order valence-electron chi connectivity index (χ1n) is 7.33. The monoisotopic (exact) mass is 314 g/mol. The van der Waals surface area contributed by atoms with Crippen LogP contribution in [0.1, 0.15) is 31.1 Å². The van der Waals surface area contributed by atoms with E-state index in [1.165, 1.54) is 24.3 Å². The standard InChI is InChI=1S/C18H22N2O3/c1-18(2,3)12-6-5-7-13-19(4)14-17(21)15-8-10-16(11-9-15)20(22)23/h5,7-11H,13-14H2,1-4H3. The minimum atomic E-state index is -0.482. The number of carbonyl (C=O) groups excluding carboxylic acids is 1. The molecule has 0 fully saturated rings. The van der Waals surface area contributed by atoms with Crippen LogP contribution in [0.5, 0.6) is 0 Å². The summed E-state index contributed by atoms with van der Waals surface area (Å²) in [4.78, 5) is 24.1. The molecular formula is C18H22N2O3. The molecule has 0 aliphatic heterocycles. The Morgan fingerprint density at radius 1 is 1.30 bits per heavy atom. The smallest absolute Gasteiger partial charge is 0.269 e. The Hall–Kier alpha value is -2.45. The van der Waals surface area contributed by atoms with Crippen LogP contribution >= 0.6 is 0 Å². The highest BCUT2D eigenvalue weighted by Gasteiger charge is 2.11. The van der Waals surface area contributed by atoms with Crippen molar-refractivity contribution < 1.29 is 9.72 Å². The fourth-order valence-electron chi connectivity index (χ4n) is 1.72. The Balaban J connectivity index is 2.51. The van der Waals surface area contributed by atoms with Gasteiger partial charge in [0.15, 0.2) is 5.78 Å². The van der Waals surface area contributed by atoms with E-state index in [0.29, 0.717) is 12.1 Å². The molecule has 0 atom stereocenters. The molecule has 0 saturated carbocycles. The van der Waals surface area contributed by atoms with E-state index in [0.717, 1.165) is 0 Å². The molecule has 0 bridgehead atoms. The Morgan fingerprint density at radius 3 is 2.43 bits per heavy atom. The molecule has 122 valence electrons. The van der Waals surface area contributed by atoms with Gasteiger partial charge in [0.2, 0.25) is 0 Å². The van der Waals surface area contributed by atoms with Gasteiger partial charge in [-0.2, -0.15) is 0 Å². The van der Waals surface area contributed by atoms with Crippen molar-refractivity contribution in [2.75, 3.05) is 20.1 Å². The molecule has 0 aromatic heterocycles. The molecule has 0 spiro atoms. The summed E-state index contributed by atoms with van der Waals surface area (Å²) >= 11 is 0. The van der Waals surface area contributed by atoms with Gasteiger partial charge < -0.3 is 0 Å². The lowest BCUT2D eigenvalue weighted by molar-refractivity contribution is -0.384. The number of nitro benzene ring substituents is 1. The van der Waals surface area contributed by atoms with Crippen molar-refractivity contribution in [1.29, 1.82) is 0 Å². The SMILES string of the molecule is CN(CC=CC#CC(C)(C)C)CC(=O)c1ccc([N+](=O)[O-])cc1. The number of hydrogen-bond acceptors (Lipinski definition) is 4. The fraction of sp³-hybridized carbons (Fsp3) is 0.389. The fourth-order valence-corrected chi connectivity index (χ4v) is 1.72. The summed E-state index contributed by atoms with van der Waals surface area (Å²) in [7, 11) is 1.84. The predicted molar refractivity (Wildman–Crippen MR) is 91.3 cm³/mol. The number of Topliss-reactive ketones (excluding diaryl/α,β-unsaturated/α-hetero) is 1. The molecule has 0 aliphatic rings. The van der Waals surface area contributed by atoms with Gasteiger partial charge in [-0.25, -0.2) is 0 Å². The van der Waals surface area contributed by atoms with Crippen LogP contribution in [0.15, 0.2) is 36.4 Å². The predicted octanol–water partition coefficient (Wildman–Crippen LogP) is 3.32. The maximum Gasteiger partial charge on any atom is 0.269 e. The zero-order valence-corrected chi connectivity index (χ0v) is 14.0. The average molecular weight is 314 g/mol. The quantitative estimate of drug-likeness (QED) is 0.350. The first-order valence-corrected chi connectivity index (χ1v) is 7.33. The highest BCUT2D eigenvalue weighted by atomic mass is 16.6. The molecule has 0 saturated heterocycles. The molecule has 5 heteroatoms. The Kier molecular flexibility index (Phi) is 6.67. The van der Waals surface area contributed by atoms with E-state index in [1.807, 2.05) is 38.8 Å². The topological polar surface area (TPSA) is 63.5 Å². The van der Waals surface area contributed by atoms with Crippen LogP contribution in [0.2, 0.25) is 0 Å². The van der Waals surface area contributed by atoms with Gasteiger partial charge in [-0.3, -0.25) is 19.8 Å². The van der Waals surface area contributed by atoms with Gasteiger partial charge in [-0.15, -0.1) is 0 Å². The lowest BCUT2D eigenvalue weighted by atomic mass is 9.98. The molecule has 0 aliphatic carbocycles. The largest absolute Gasteiger partial charge is 0.295 e. The van der Waals surface area contributed by atoms with Crippen LogP contribution < -0.4 is 0 Å². The second-order valence-corrected chi connectivity index (χ2v) is 6.35. The maximum atomic E-state index is 12.1. The van der Waals surface area contributed by atoms with E-state index < -0.39 is 4.92 Å². The van der Waals surface area contributed by atoms with E-state index in [1.54, 1.807) is 6.08 Å². The van der Waals surface area contributed by atoms with Crippen molar-refractivity contribution in [2.24, 2.45) is 5.41 Å². The summed E-state index contributed by atoms with van der Waals surface area (Å²) in [5, 5.41) is 10.6. The number of likely N-dealkylation sites (N-methyl/N-ethyl adjacent to an activating group) is 1. The number of nitro groups is 1. The third-order valence-corrected chi connectivity index (χ3v) is 2.88. The molecule has 0 N–H and O–H groups in total. The van der Waals surface area contributed by atoms with Gasteiger partial charge >= 0.3 is 0 Å². The summed E-state index contributed by atoms with van der Waals surface area (Å²) in [5.74, 6) is 6.00. The van der Waals surface area contributed by atoms with Crippen molar-refractivity contribution in [1.82, 2.24) is 4.90 Å². The molecular weight excluding hydrogens is 292 g/mol. The first kappa shape index (κ1) is 18.6. The van der Waals surface area contributed by atoms with Crippen molar-refractivity contribution in [3.05, 3.63) is 52.1 Å². The first-order chi connectivity index (χ1) is 10.7. The second-order valence-electron chi connectivity index (χ2n) is 6.35. The molecule has 1 aromatic rings. The van der Waals surface area contributed by atoms with Gasteiger partial charge in [0.25, 0.3) is 5.69 Å². The van der Waals surface area contributed by atoms with Crippen molar-refractivity contribution in [2.45, 2.75) is 20.8 Å². The number of carbonyl (C=O) groups is 1. The van der Waals surface area contributed by atoms with Crippen LogP contribution in [0.25, 0.3) is 0 Å².